The van der Waals surface area contributed by atoms with E-state index in [0.717, 1.165) is 17.0 Å². The first-order chi connectivity index (χ1) is 9.55. The standard InChI is InChI=1S/C16H24N4/c1-11-10-18-20-14(17-4)9-13(19-15(11)20)12(2)16(3)7-5-6-8-16/h9-10,12,17H,5-8H2,1-4H3/t12-/m1/s1. The predicted molar refractivity (Wildman–Crippen MR) is 82.3 cm³/mol. The molecule has 20 heavy (non-hydrogen) atoms. The summed E-state index contributed by atoms with van der Waals surface area (Å²) in [5.74, 6) is 1.50. The van der Waals surface area contributed by atoms with Gasteiger partial charge < -0.3 is 5.32 Å². The number of aromatic nitrogens is 3. The third-order valence-electron chi connectivity index (χ3n) is 5.16. The fraction of sp³-hybridized carbons (Fsp3) is 0.625. The van der Waals surface area contributed by atoms with Gasteiger partial charge in [0.05, 0.1) is 6.20 Å². The third-order valence-corrected chi connectivity index (χ3v) is 5.16. The van der Waals surface area contributed by atoms with E-state index in [9.17, 15) is 0 Å². The Kier molecular flexibility index (Phi) is 3.19. The zero-order chi connectivity index (χ0) is 14.3. The van der Waals surface area contributed by atoms with Gasteiger partial charge in [-0.2, -0.15) is 9.61 Å². The van der Waals surface area contributed by atoms with Crippen molar-refractivity contribution in [2.45, 2.75) is 52.4 Å². The molecule has 108 valence electrons. The first kappa shape index (κ1) is 13.4. The quantitative estimate of drug-likeness (QED) is 0.925. The molecule has 1 aliphatic rings. The van der Waals surface area contributed by atoms with Gasteiger partial charge in [-0.3, -0.25) is 0 Å². The molecule has 0 spiro atoms. The van der Waals surface area contributed by atoms with Crippen molar-refractivity contribution >= 4 is 11.5 Å². The zero-order valence-corrected chi connectivity index (χ0v) is 12.9. The van der Waals surface area contributed by atoms with E-state index in [4.69, 9.17) is 4.98 Å². The Bertz CT molecular complexity index is 623. The van der Waals surface area contributed by atoms with Crippen LogP contribution in [0.4, 0.5) is 5.82 Å². The van der Waals surface area contributed by atoms with Gasteiger partial charge in [-0.1, -0.05) is 26.7 Å². The van der Waals surface area contributed by atoms with E-state index >= 15 is 0 Å². The summed E-state index contributed by atoms with van der Waals surface area (Å²) in [5, 5.41) is 7.64. The monoisotopic (exact) mass is 272 g/mol. The van der Waals surface area contributed by atoms with E-state index in [2.05, 4.69) is 37.3 Å². The largest absolute Gasteiger partial charge is 0.373 e. The average Bonchev–Trinajstić information content (AvgIpc) is 3.05. The van der Waals surface area contributed by atoms with E-state index in [1.54, 1.807) is 0 Å². The summed E-state index contributed by atoms with van der Waals surface area (Å²) in [5.41, 5.74) is 3.69. The summed E-state index contributed by atoms with van der Waals surface area (Å²) in [6, 6.07) is 2.16. The van der Waals surface area contributed by atoms with E-state index in [0.29, 0.717) is 11.3 Å². The van der Waals surface area contributed by atoms with Crippen LogP contribution in [0.15, 0.2) is 12.3 Å². The first-order valence-electron chi connectivity index (χ1n) is 7.58. The highest BCUT2D eigenvalue weighted by Crippen LogP contribution is 2.48. The molecule has 0 radical (unpaired) electrons. The number of hydrogen-bond acceptors (Lipinski definition) is 3. The summed E-state index contributed by atoms with van der Waals surface area (Å²) < 4.78 is 1.89. The number of aryl methyl sites for hydroxylation is 1. The fourth-order valence-electron chi connectivity index (χ4n) is 3.46. The number of nitrogens with one attached hydrogen (secondary N) is 1. The van der Waals surface area contributed by atoms with Crippen molar-refractivity contribution < 1.29 is 0 Å². The number of hydrogen-bond donors (Lipinski definition) is 1. The lowest BCUT2D eigenvalue weighted by Gasteiger charge is -2.31. The normalized spacial score (nSPS) is 19.4. The van der Waals surface area contributed by atoms with Gasteiger partial charge in [0.25, 0.3) is 0 Å². The van der Waals surface area contributed by atoms with Crippen molar-refractivity contribution in [2.24, 2.45) is 5.41 Å². The zero-order valence-electron chi connectivity index (χ0n) is 12.9. The van der Waals surface area contributed by atoms with Gasteiger partial charge in [0.2, 0.25) is 0 Å². The van der Waals surface area contributed by atoms with Gasteiger partial charge in [-0.25, -0.2) is 4.98 Å². The Morgan fingerprint density at radius 3 is 2.70 bits per heavy atom. The molecule has 0 unspecified atom stereocenters. The Morgan fingerprint density at radius 1 is 1.35 bits per heavy atom. The molecule has 4 nitrogen and oxygen atoms in total. The van der Waals surface area contributed by atoms with E-state index in [1.807, 2.05) is 17.8 Å². The number of rotatable bonds is 3. The lowest BCUT2D eigenvalue weighted by molar-refractivity contribution is 0.272. The second-order valence-electron chi connectivity index (χ2n) is 6.46. The Balaban J connectivity index is 2.09. The highest BCUT2D eigenvalue weighted by Gasteiger charge is 2.36. The van der Waals surface area contributed by atoms with E-state index in [1.165, 1.54) is 31.4 Å². The number of nitrogens with zero attached hydrogens (tertiary/aromatic N) is 3. The predicted octanol–water partition coefficient (Wildman–Crippen LogP) is 3.76. The fourth-order valence-corrected chi connectivity index (χ4v) is 3.46. The molecule has 1 N–H and O–H groups in total. The van der Waals surface area contributed by atoms with Crippen LogP contribution >= 0.6 is 0 Å². The molecule has 0 saturated heterocycles. The molecule has 0 amide bonds. The van der Waals surface area contributed by atoms with Crippen LogP contribution in [0.25, 0.3) is 5.65 Å². The molecular weight excluding hydrogens is 248 g/mol. The van der Waals surface area contributed by atoms with Crippen LogP contribution in [0.5, 0.6) is 0 Å². The van der Waals surface area contributed by atoms with Crippen molar-refractivity contribution in [2.75, 3.05) is 12.4 Å². The third kappa shape index (κ3) is 1.98. The average molecular weight is 272 g/mol. The Labute approximate surface area is 120 Å². The summed E-state index contributed by atoms with van der Waals surface area (Å²) >= 11 is 0. The van der Waals surface area contributed by atoms with Gasteiger partial charge >= 0.3 is 0 Å². The molecule has 1 fully saturated rings. The molecular formula is C16H24N4. The molecule has 2 aromatic rings. The Hall–Kier alpha value is -1.58. The summed E-state index contributed by atoms with van der Waals surface area (Å²) in [4.78, 5) is 4.89. The van der Waals surface area contributed by atoms with Gasteiger partial charge in [-0.15, -0.1) is 0 Å². The lowest BCUT2D eigenvalue weighted by Crippen LogP contribution is -2.21. The molecule has 2 heterocycles. The Morgan fingerprint density at radius 2 is 2.05 bits per heavy atom. The molecule has 0 aliphatic heterocycles. The summed E-state index contributed by atoms with van der Waals surface area (Å²) in [7, 11) is 1.94. The molecule has 3 rings (SSSR count). The van der Waals surface area contributed by atoms with Crippen molar-refractivity contribution in [3.8, 4) is 0 Å². The smallest absolute Gasteiger partial charge is 0.160 e. The van der Waals surface area contributed by atoms with Gasteiger partial charge in [0.15, 0.2) is 5.65 Å². The highest BCUT2D eigenvalue weighted by atomic mass is 15.3. The van der Waals surface area contributed by atoms with Crippen molar-refractivity contribution in [3.05, 3.63) is 23.5 Å². The number of anilines is 1. The maximum atomic E-state index is 4.89. The van der Waals surface area contributed by atoms with Crippen molar-refractivity contribution in [1.82, 2.24) is 14.6 Å². The molecule has 4 heteroatoms. The molecule has 2 aromatic heterocycles. The maximum absolute atomic E-state index is 4.89. The lowest BCUT2D eigenvalue weighted by atomic mass is 9.75. The van der Waals surface area contributed by atoms with E-state index in [-0.39, 0.29) is 0 Å². The minimum atomic E-state index is 0.393. The van der Waals surface area contributed by atoms with Crippen LogP contribution in [-0.4, -0.2) is 21.6 Å². The molecule has 1 atom stereocenters. The van der Waals surface area contributed by atoms with Crippen LogP contribution in [0, 0.1) is 12.3 Å². The number of fused-ring (bicyclic) bond motifs is 1. The topological polar surface area (TPSA) is 42.2 Å². The van der Waals surface area contributed by atoms with E-state index < -0.39 is 0 Å². The van der Waals surface area contributed by atoms with Gasteiger partial charge in [0.1, 0.15) is 5.82 Å². The summed E-state index contributed by atoms with van der Waals surface area (Å²) in [6.07, 6.45) is 7.22. The summed E-state index contributed by atoms with van der Waals surface area (Å²) in [6.45, 7) is 6.81. The second-order valence-corrected chi connectivity index (χ2v) is 6.46. The highest BCUT2D eigenvalue weighted by molar-refractivity contribution is 5.54. The second kappa shape index (κ2) is 4.76. The van der Waals surface area contributed by atoms with Crippen LogP contribution < -0.4 is 5.32 Å². The van der Waals surface area contributed by atoms with Crippen LogP contribution in [0.3, 0.4) is 0 Å². The maximum Gasteiger partial charge on any atom is 0.160 e. The molecule has 0 aromatic carbocycles. The van der Waals surface area contributed by atoms with Crippen molar-refractivity contribution in [1.29, 1.82) is 0 Å². The van der Waals surface area contributed by atoms with Crippen LogP contribution in [-0.2, 0) is 0 Å². The van der Waals surface area contributed by atoms with Gasteiger partial charge in [-0.05, 0) is 25.2 Å². The minimum absolute atomic E-state index is 0.393. The molecule has 1 aliphatic carbocycles. The van der Waals surface area contributed by atoms with Crippen LogP contribution in [0.1, 0.15) is 56.7 Å². The SMILES string of the molecule is CNc1cc([C@@H](C)C2(C)CCCC2)nc2c(C)cnn12. The van der Waals surface area contributed by atoms with Gasteiger partial charge in [0, 0.05) is 30.3 Å². The molecule has 0 bridgehead atoms. The first-order valence-corrected chi connectivity index (χ1v) is 7.58. The van der Waals surface area contributed by atoms with Crippen LogP contribution in [0.2, 0.25) is 0 Å². The minimum Gasteiger partial charge on any atom is -0.373 e. The van der Waals surface area contributed by atoms with Crippen molar-refractivity contribution in [3.63, 3.8) is 0 Å². The molecule has 1 saturated carbocycles.